The van der Waals surface area contributed by atoms with Crippen molar-refractivity contribution >= 4 is 0 Å². The second kappa shape index (κ2) is 4.34. The van der Waals surface area contributed by atoms with Gasteiger partial charge in [-0.05, 0) is 13.8 Å². The van der Waals surface area contributed by atoms with Gasteiger partial charge in [-0.15, -0.1) is 13.0 Å². The quantitative estimate of drug-likeness (QED) is 0.584. The number of hydrogen-bond donors (Lipinski definition) is 1. The summed E-state index contributed by atoms with van der Waals surface area (Å²) in [5, 5.41) is 9.91. The Hall–Kier alpha value is -0.900. The van der Waals surface area contributed by atoms with Crippen LogP contribution in [0.5, 0.6) is 0 Å². The van der Waals surface area contributed by atoms with Gasteiger partial charge in [0.25, 0.3) is 0 Å². The highest BCUT2D eigenvalue weighted by Gasteiger charge is 2.65. The maximum Gasteiger partial charge on any atom is 0.191 e. The van der Waals surface area contributed by atoms with Crippen LogP contribution >= 0.6 is 0 Å². The van der Waals surface area contributed by atoms with Crippen LogP contribution in [-0.2, 0) is 18.9 Å². The standard InChI is InChI=1S/C13H18O5/c1-6-8(14)9-13(7-2,15-5)10-11(16-9)18-12(3,4)17-10/h2,6,8-11,14H,1H2,3-5H3/t8-,9-,10+,11-,13-/m1/s1. The molecule has 18 heavy (non-hydrogen) atoms. The summed E-state index contributed by atoms with van der Waals surface area (Å²) in [7, 11) is 1.46. The average Bonchev–Trinajstić information content (AvgIpc) is 2.78. The van der Waals surface area contributed by atoms with E-state index in [9.17, 15) is 5.11 Å². The maximum absolute atomic E-state index is 9.91. The number of rotatable bonds is 3. The molecule has 5 nitrogen and oxygen atoms in total. The first kappa shape index (κ1) is 13.5. The zero-order chi connectivity index (χ0) is 13.6. The molecule has 2 heterocycles. The molecule has 2 saturated heterocycles. The van der Waals surface area contributed by atoms with Gasteiger partial charge >= 0.3 is 0 Å². The minimum Gasteiger partial charge on any atom is -0.386 e. The van der Waals surface area contributed by atoms with Crippen LogP contribution in [0.3, 0.4) is 0 Å². The lowest BCUT2D eigenvalue weighted by Gasteiger charge is -2.33. The molecule has 0 amide bonds. The van der Waals surface area contributed by atoms with E-state index >= 15 is 0 Å². The Morgan fingerprint density at radius 3 is 2.67 bits per heavy atom. The van der Waals surface area contributed by atoms with Gasteiger partial charge in [0.05, 0.1) is 0 Å². The molecule has 5 heteroatoms. The molecule has 0 aromatic heterocycles. The van der Waals surface area contributed by atoms with Crippen molar-refractivity contribution in [3.63, 3.8) is 0 Å². The molecule has 0 bridgehead atoms. The molecule has 100 valence electrons. The molecular weight excluding hydrogens is 236 g/mol. The third-order valence-corrected chi connectivity index (χ3v) is 3.30. The van der Waals surface area contributed by atoms with Crippen LogP contribution in [0.4, 0.5) is 0 Å². The Kier molecular flexibility index (Phi) is 3.26. The van der Waals surface area contributed by atoms with E-state index in [1.807, 2.05) is 0 Å². The molecule has 2 aliphatic heterocycles. The van der Waals surface area contributed by atoms with Crippen molar-refractivity contribution in [1.82, 2.24) is 0 Å². The Balaban J connectivity index is 2.35. The molecule has 0 unspecified atom stereocenters. The van der Waals surface area contributed by atoms with E-state index in [4.69, 9.17) is 25.4 Å². The lowest BCUT2D eigenvalue weighted by molar-refractivity contribution is -0.233. The topological polar surface area (TPSA) is 57.2 Å². The van der Waals surface area contributed by atoms with Crippen molar-refractivity contribution in [3.05, 3.63) is 12.7 Å². The third kappa shape index (κ3) is 1.78. The monoisotopic (exact) mass is 254 g/mol. The zero-order valence-electron chi connectivity index (χ0n) is 10.8. The molecule has 0 aromatic carbocycles. The van der Waals surface area contributed by atoms with Crippen LogP contribution < -0.4 is 0 Å². The van der Waals surface area contributed by atoms with Crippen LogP contribution in [0.25, 0.3) is 0 Å². The first-order valence-corrected chi connectivity index (χ1v) is 5.75. The van der Waals surface area contributed by atoms with Gasteiger partial charge < -0.3 is 24.1 Å². The molecule has 5 atom stereocenters. The van der Waals surface area contributed by atoms with Gasteiger partial charge in [-0.2, -0.15) is 0 Å². The van der Waals surface area contributed by atoms with E-state index in [0.717, 1.165) is 0 Å². The van der Waals surface area contributed by atoms with E-state index in [0.29, 0.717) is 0 Å². The number of hydrogen-bond acceptors (Lipinski definition) is 5. The van der Waals surface area contributed by atoms with E-state index in [-0.39, 0.29) is 0 Å². The minimum atomic E-state index is -1.19. The summed E-state index contributed by atoms with van der Waals surface area (Å²) in [6.45, 7) is 7.06. The van der Waals surface area contributed by atoms with Crippen LogP contribution in [0, 0.1) is 12.3 Å². The van der Waals surface area contributed by atoms with E-state index in [2.05, 4.69) is 12.5 Å². The van der Waals surface area contributed by atoms with Gasteiger partial charge in [0.2, 0.25) is 0 Å². The lowest BCUT2D eigenvalue weighted by Crippen LogP contribution is -2.53. The van der Waals surface area contributed by atoms with Crippen molar-refractivity contribution in [1.29, 1.82) is 0 Å². The van der Waals surface area contributed by atoms with Gasteiger partial charge in [-0.25, -0.2) is 0 Å². The third-order valence-electron chi connectivity index (χ3n) is 3.30. The Bertz CT molecular complexity index is 385. The fraction of sp³-hybridized carbons (Fsp3) is 0.692. The number of fused-ring (bicyclic) bond motifs is 1. The summed E-state index contributed by atoms with van der Waals surface area (Å²) < 4.78 is 22.4. The summed E-state index contributed by atoms with van der Waals surface area (Å²) >= 11 is 0. The maximum atomic E-state index is 9.91. The van der Waals surface area contributed by atoms with Gasteiger partial charge in [0.15, 0.2) is 23.8 Å². The van der Waals surface area contributed by atoms with Crippen LogP contribution in [0.2, 0.25) is 0 Å². The summed E-state index contributed by atoms with van der Waals surface area (Å²) in [6, 6.07) is 0. The molecule has 0 saturated carbocycles. The summed E-state index contributed by atoms with van der Waals surface area (Å²) in [5.74, 6) is 1.75. The van der Waals surface area contributed by atoms with Crippen molar-refractivity contribution in [3.8, 4) is 12.3 Å². The molecule has 1 N–H and O–H groups in total. The predicted molar refractivity (Wildman–Crippen MR) is 63.5 cm³/mol. The first-order valence-electron chi connectivity index (χ1n) is 5.75. The second-order valence-electron chi connectivity index (χ2n) is 4.85. The summed E-state index contributed by atoms with van der Waals surface area (Å²) in [5.41, 5.74) is -1.19. The Labute approximate surface area is 107 Å². The normalized spacial score (nSPS) is 43.2. The fourth-order valence-electron chi connectivity index (χ4n) is 2.44. The average molecular weight is 254 g/mol. The van der Waals surface area contributed by atoms with E-state index in [1.54, 1.807) is 13.8 Å². The van der Waals surface area contributed by atoms with Crippen LogP contribution in [0.1, 0.15) is 13.8 Å². The van der Waals surface area contributed by atoms with Crippen LogP contribution in [-0.4, -0.2) is 48.2 Å². The molecular formula is C13H18O5. The van der Waals surface area contributed by atoms with Gasteiger partial charge in [0.1, 0.15) is 12.2 Å². The highest BCUT2D eigenvalue weighted by atomic mass is 16.8. The zero-order valence-corrected chi connectivity index (χ0v) is 10.8. The summed E-state index contributed by atoms with van der Waals surface area (Å²) in [4.78, 5) is 0. The molecule has 2 aliphatic rings. The summed E-state index contributed by atoms with van der Waals surface area (Å²) in [6.07, 6.45) is 3.96. The largest absolute Gasteiger partial charge is 0.386 e. The van der Waals surface area contributed by atoms with Crippen molar-refractivity contribution in [2.24, 2.45) is 0 Å². The number of ether oxygens (including phenoxy) is 4. The molecule has 2 rings (SSSR count). The van der Waals surface area contributed by atoms with Gasteiger partial charge in [-0.1, -0.05) is 12.0 Å². The van der Waals surface area contributed by atoms with Crippen molar-refractivity contribution in [2.75, 3.05) is 7.11 Å². The number of terminal acetylenes is 1. The smallest absolute Gasteiger partial charge is 0.191 e. The predicted octanol–water partition coefficient (Wildman–Crippen LogP) is 0.428. The minimum absolute atomic E-state index is 0.581. The number of aliphatic hydroxyl groups is 1. The van der Waals surface area contributed by atoms with Crippen LogP contribution in [0.15, 0.2) is 12.7 Å². The molecule has 0 spiro atoms. The van der Waals surface area contributed by atoms with E-state index in [1.165, 1.54) is 13.2 Å². The first-order chi connectivity index (χ1) is 8.40. The molecule has 0 aliphatic carbocycles. The highest BCUT2D eigenvalue weighted by Crippen LogP contribution is 2.45. The Morgan fingerprint density at radius 1 is 1.50 bits per heavy atom. The van der Waals surface area contributed by atoms with Crippen molar-refractivity contribution in [2.45, 2.75) is 49.8 Å². The number of aliphatic hydroxyl groups excluding tert-OH is 1. The fourth-order valence-corrected chi connectivity index (χ4v) is 2.44. The number of methoxy groups -OCH3 is 1. The second-order valence-corrected chi connectivity index (χ2v) is 4.85. The van der Waals surface area contributed by atoms with E-state index < -0.39 is 36.0 Å². The molecule has 0 aromatic rings. The SMILES string of the molecule is C#C[C@@]1(OC)[C@@H]([C@H](O)C=C)O[C@@H]2OC(C)(C)O[C@@H]21. The highest BCUT2D eigenvalue weighted by molar-refractivity contribution is 5.24. The Morgan fingerprint density at radius 2 is 2.17 bits per heavy atom. The molecule has 0 radical (unpaired) electrons. The van der Waals surface area contributed by atoms with Gasteiger partial charge in [0, 0.05) is 7.11 Å². The van der Waals surface area contributed by atoms with Gasteiger partial charge in [-0.3, -0.25) is 0 Å². The molecule has 2 fully saturated rings. The van der Waals surface area contributed by atoms with Crippen molar-refractivity contribution < 1.29 is 24.1 Å². The lowest BCUT2D eigenvalue weighted by atomic mass is 9.89.